The number of rotatable bonds is 5. The average Bonchev–Trinajstić information content (AvgIpc) is 2.86. The summed E-state index contributed by atoms with van der Waals surface area (Å²) >= 11 is 0. The number of nitrogens with one attached hydrogen (secondary N) is 1. The molecule has 2 aromatic rings. The van der Waals surface area contributed by atoms with Crippen LogP contribution in [-0.2, 0) is 16.0 Å². The number of aromatic nitrogens is 2. The van der Waals surface area contributed by atoms with Crippen LogP contribution in [0.2, 0.25) is 0 Å². The van der Waals surface area contributed by atoms with Gasteiger partial charge in [-0.2, -0.15) is 5.10 Å². The molecule has 2 rings (SSSR count). The summed E-state index contributed by atoms with van der Waals surface area (Å²) in [4.78, 5) is 12.0. The third-order valence-electron chi connectivity index (χ3n) is 3.10. The molecule has 7 nitrogen and oxygen atoms in total. The topological polar surface area (TPSA) is 74.6 Å². The van der Waals surface area contributed by atoms with Crippen LogP contribution in [-0.4, -0.2) is 42.3 Å². The molecule has 1 N–H and O–H groups in total. The lowest BCUT2D eigenvalue weighted by Gasteiger charge is -2.20. The molecule has 0 radical (unpaired) electrons. The smallest absolute Gasteiger partial charge is 0.412 e. The number of hydrogen-bond acceptors (Lipinski definition) is 5. The lowest BCUT2D eigenvalue weighted by molar-refractivity contribution is 0.0635. The van der Waals surface area contributed by atoms with Crippen LogP contribution in [0.15, 0.2) is 18.3 Å². The summed E-state index contributed by atoms with van der Waals surface area (Å²) < 4.78 is 17.7. The Morgan fingerprint density at radius 3 is 2.65 bits per heavy atom. The highest BCUT2D eigenvalue weighted by atomic mass is 16.6. The number of ether oxygens (including phenoxy) is 3. The van der Waals surface area contributed by atoms with Gasteiger partial charge in [-0.3, -0.25) is 10.00 Å². The van der Waals surface area contributed by atoms with Gasteiger partial charge in [-0.15, -0.1) is 0 Å². The highest BCUT2D eigenvalue weighted by Gasteiger charge is 2.19. The average molecular weight is 321 g/mol. The van der Waals surface area contributed by atoms with E-state index in [1.807, 2.05) is 26.8 Å². The van der Waals surface area contributed by atoms with Crippen molar-refractivity contribution in [3.8, 4) is 5.75 Å². The van der Waals surface area contributed by atoms with E-state index in [0.717, 1.165) is 10.9 Å². The SMILES string of the molecule is COCCn1ncc2ccc(NC(=O)OC(C)(C)C)c(OC)c21. The first kappa shape index (κ1) is 17.1. The Balaban J connectivity index is 2.35. The highest BCUT2D eigenvalue weighted by Crippen LogP contribution is 2.34. The van der Waals surface area contributed by atoms with E-state index in [4.69, 9.17) is 14.2 Å². The van der Waals surface area contributed by atoms with Gasteiger partial charge >= 0.3 is 6.09 Å². The maximum absolute atomic E-state index is 12.0. The summed E-state index contributed by atoms with van der Waals surface area (Å²) in [6.07, 6.45) is 1.23. The monoisotopic (exact) mass is 321 g/mol. The van der Waals surface area contributed by atoms with Crippen LogP contribution in [0.5, 0.6) is 5.75 Å². The largest absolute Gasteiger partial charge is 0.492 e. The van der Waals surface area contributed by atoms with Crippen LogP contribution < -0.4 is 10.1 Å². The maximum Gasteiger partial charge on any atom is 0.412 e. The van der Waals surface area contributed by atoms with Crippen molar-refractivity contribution in [2.24, 2.45) is 0 Å². The fraction of sp³-hybridized carbons (Fsp3) is 0.500. The number of nitrogens with zero attached hydrogens (tertiary/aromatic N) is 2. The maximum atomic E-state index is 12.0. The molecule has 1 heterocycles. The number of methoxy groups -OCH3 is 2. The van der Waals surface area contributed by atoms with E-state index in [0.29, 0.717) is 24.6 Å². The predicted molar refractivity (Wildman–Crippen MR) is 88.0 cm³/mol. The van der Waals surface area contributed by atoms with Crippen molar-refractivity contribution in [3.05, 3.63) is 18.3 Å². The molecule has 23 heavy (non-hydrogen) atoms. The molecule has 0 atom stereocenters. The predicted octanol–water partition coefficient (Wildman–Crippen LogP) is 3.04. The second-order valence-electron chi connectivity index (χ2n) is 6.07. The molecule has 7 heteroatoms. The number of carbonyl (C=O) groups excluding carboxylic acids is 1. The van der Waals surface area contributed by atoms with Gasteiger partial charge in [0.1, 0.15) is 11.1 Å². The number of carbonyl (C=O) groups is 1. The minimum absolute atomic E-state index is 0.530. The zero-order chi connectivity index (χ0) is 17.0. The van der Waals surface area contributed by atoms with E-state index in [1.165, 1.54) is 0 Å². The molecule has 0 saturated carbocycles. The zero-order valence-corrected chi connectivity index (χ0v) is 14.2. The molecule has 0 aliphatic carbocycles. The van der Waals surface area contributed by atoms with Gasteiger partial charge in [0.05, 0.1) is 32.1 Å². The standard InChI is InChI=1S/C16H23N3O4/c1-16(2,3)23-15(20)18-12-7-6-11-10-17-19(8-9-21-4)13(11)14(12)22-5/h6-7,10H,8-9H2,1-5H3,(H,18,20). The molecule has 0 aliphatic heterocycles. The zero-order valence-electron chi connectivity index (χ0n) is 14.2. The first-order chi connectivity index (χ1) is 10.9. The van der Waals surface area contributed by atoms with Crippen molar-refractivity contribution in [2.75, 3.05) is 26.1 Å². The van der Waals surface area contributed by atoms with Gasteiger partial charge in [0.2, 0.25) is 0 Å². The molecule has 1 aromatic heterocycles. The molecule has 0 bridgehead atoms. The normalized spacial score (nSPS) is 11.5. The van der Waals surface area contributed by atoms with Crippen molar-refractivity contribution in [1.29, 1.82) is 0 Å². The lowest BCUT2D eigenvalue weighted by atomic mass is 10.2. The van der Waals surface area contributed by atoms with Crippen LogP contribution in [0, 0.1) is 0 Å². The Bertz CT molecular complexity index is 688. The summed E-state index contributed by atoms with van der Waals surface area (Å²) in [5.41, 5.74) is 0.772. The van der Waals surface area contributed by atoms with Gasteiger partial charge in [-0.05, 0) is 32.9 Å². The van der Waals surface area contributed by atoms with E-state index < -0.39 is 11.7 Å². The highest BCUT2D eigenvalue weighted by molar-refractivity contribution is 5.96. The minimum Gasteiger partial charge on any atom is -0.492 e. The Labute approximate surface area is 135 Å². The van der Waals surface area contributed by atoms with Gasteiger partial charge in [0.25, 0.3) is 0 Å². The van der Waals surface area contributed by atoms with Crippen LogP contribution in [0.3, 0.4) is 0 Å². The van der Waals surface area contributed by atoms with E-state index >= 15 is 0 Å². The summed E-state index contributed by atoms with van der Waals surface area (Å²) in [7, 11) is 3.20. The third kappa shape index (κ3) is 4.13. The Morgan fingerprint density at radius 1 is 1.30 bits per heavy atom. The lowest BCUT2D eigenvalue weighted by Crippen LogP contribution is -2.27. The van der Waals surface area contributed by atoms with Crippen LogP contribution in [0.25, 0.3) is 10.9 Å². The Hall–Kier alpha value is -2.28. The number of amides is 1. The van der Waals surface area contributed by atoms with Crippen molar-refractivity contribution < 1.29 is 19.0 Å². The molecule has 0 unspecified atom stereocenters. The Kier molecular flexibility index (Phi) is 5.10. The van der Waals surface area contributed by atoms with Crippen LogP contribution in [0.1, 0.15) is 20.8 Å². The molecule has 0 spiro atoms. The van der Waals surface area contributed by atoms with Gasteiger partial charge in [-0.25, -0.2) is 4.79 Å². The van der Waals surface area contributed by atoms with E-state index in [1.54, 1.807) is 31.2 Å². The van der Waals surface area contributed by atoms with Crippen molar-refractivity contribution in [3.63, 3.8) is 0 Å². The minimum atomic E-state index is -0.568. The molecule has 0 aliphatic rings. The molecule has 126 valence electrons. The van der Waals surface area contributed by atoms with Gasteiger partial charge in [-0.1, -0.05) is 0 Å². The second kappa shape index (κ2) is 6.87. The fourth-order valence-corrected chi connectivity index (χ4v) is 2.21. The fourth-order valence-electron chi connectivity index (χ4n) is 2.21. The number of fused-ring (bicyclic) bond motifs is 1. The molecule has 1 amide bonds. The van der Waals surface area contributed by atoms with Gasteiger partial charge in [0.15, 0.2) is 5.75 Å². The first-order valence-electron chi connectivity index (χ1n) is 7.37. The van der Waals surface area contributed by atoms with Crippen molar-refractivity contribution >= 4 is 22.7 Å². The third-order valence-corrected chi connectivity index (χ3v) is 3.10. The van der Waals surface area contributed by atoms with Gasteiger partial charge in [0, 0.05) is 12.5 Å². The van der Waals surface area contributed by atoms with E-state index in [-0.39, 0.29) is 0 Å². The number of anilines is 1. The summed E-state index contributed by atoms with van der Waals surface area (Å²) in [6, 6.07) is 3.65. The first-order valence-corrected chi connectivity index (χ1v) is 7.37. The van der Waals surface area contributed by atoms with E-state index in [9.17, 15) is 4.79 Å². The van der Waals surface area contributed by atoms with Crippen LogP contribution in [0.4, 0.5) is 10.5 Å². The molecular weight excluding hydrogens is 298 g/mol. The summed E-state index contributed by atoms with van der Waals surface area (Å²) in [6.45, 7) is 6.56. The number of benzene rings is 1. The molecule has 0 saturated heterocycles. The van der Waals surface area contributed by atoms with Gasteiger partial charge < -0.3 is 14.2 Å². The van der Waals surface area contributed by atoms with Crippen molar-refractivity contribution in [2.45, 2.75) is 32.9 Å². The quantitative estimate of drug-likeness (QED) is 0.916. The Morgan fingerprint density at radius 2 is 2.04 bits per heavy atom. The summed E-state index contributed by atoms with van der Waals surface area (Å²) in [5, 5.41) is 7.98. The van der Waals surface area contributed by atoms with Crippen molar-refractivity contribution in [1.82, 2.24) is 9.78 Å². The summed E-state index contributed by atoms with van der Waals surface area (Å²) in [5.74, 6) is 0.543. The van der Waals surface area contributed by atoms with E-state index in [2.05, 4.69) is 10.4 Å². The van der Waals surface area contributed by atoms with Crippen LogP contribution >= 0.6 is 0 Å². The second-order valence-corrected chi connectivity index (χ2v) is 6.07. The molecular formula is C16H23N3O4. The number of hydrogen-bond donors (Lipinski definition) is 1. The molecule has 0 fully saturated rings. The molecule has 1 aromatic carbocycles.